The molecule has 0 aliphatic carbocycles. The minimum atomic E-state index is -0.0705. The molecular formula is C18H22N4O2. The fourth-order valence-corrected chi connectivity index (χ4v) is 3.61. The molecule has 0 amide bonds. The van der Waals surface area contributed by atoms with Crippen molar-refractivity contribution in [2.75, 3.05) is 13.1 Å². The Labute approximate surface area is 140 Å². The summed E-state index contributed by atoms with van der Waals surface area (Å²) in [6.07, 6.45) is 2.24. The standard InChI is InChI=1S/C18H22N4O2/c1-21-17(12-23)19-20-18(21)14-6-4-8-22(10-14)11-15-9-13-5-2-3-7-16(13)24-15/h2-3,5,7,9,14,23H,4,6,8,10-12H2,1H3. The fourth-order valence-electron chi connectivity index (χ4n) is 3.61. The summed E-state index contributed by atoms with van der Waals surface area (Å²) < 4.78 is 7.88. The zero-order valence-corrected chi connectivity index (χ0v) is 13.9. The maximum Gasteiger partial charge on any atom is 0.158 e. The van der Waals surface area contributed by atoms with Gasteiger partial charge in [0.15, 0.2) is 5.82 Å². The van der Waals surface area contributed by atoms with Gasteiger partial charge in [0.2, 0.25) is 0 Å². The molecule has 0 radical (unpaired) electrons. The van der Waals surface area contributed by atoms with Gasteiger partial charge in [-0.3, -0.25) is 4.90 Å². The molecule has 1 aromatic carbocycles. The Bertz CT molecular complexity index is 806. The van der Waals surface area contributed by atoms with Crippen molar-refractivity contribution in [1.29, 1.82) is 0 Å². The third-order valence-electron chi connectivity index (χ3n) is 4.87. The number of rotatable bonds is 4. The molecule has 126 valence electrons. The summed E-state index contributed by atoms with van der Waals surface area (Å²) in [4.78, 5) is 2.42. The first-order valence-corrected chi connectivity index (χ1v) is 8.43. The van der Waals surface area contributed by atoms with Crippen LogP contribution in [0.3, 0.4) is 0 Å². The number of para-hydroxylation sites is 1. The zero-order valence-electron chi connectivity index (χ0n) is 13.9. The Morgan fingerprint density at radius 3 is 2.96 bits per heavy atom. The molecule has 1 unspecified atom stereocenters. The van der Waals surface area contributed by atoms with Crippen molar-refractivity contribution in [2.45, 2.75) is 31.9 Å². The number of aromatic nitrogens is 3. The van der Waals surface area contributed by atoms with E-state index in [1.54, 1.807) is 0 Å². The van der Waals surface area contributed by atoms with Crippen molar-refractivity contribution in [2.24, 2.45) is 7.05 Å². The molecule has 24 heavy (non-hydrogen) atoms. The summed E-state index contributed by atoms with van der Waals surface area (Å²) in [5.74, 6) is 2.94. The van der Waals surface area contributed by atoms with Gasteiger partial charge in [0.05, 0.1) is 6.54 Å². The van der Waals surface area contributed by atoms with E-state index in [4.69, 9.17) is 4.42 Å². The molecular weight excluding hydrogens is 304 g/mol. The van der Waals surface area contributed by atoms with Crippen molar-refractivity contribution >= 4 is 11.0 Å². The van der Waals surface area contributed by atoms with Gasteiger partial charge in [-0.05, 0) is 31.5 Å². The molecule has 0 spiro atoms. The minimum Gasteiger partial charge on any atom is -0.460 e. The minimum absolute atomic E-state index is 0.0705. The van der Waals surface area contributed by atoms with Crippen LogP contribution < -0.4 is 0 Å². The van der Waals surface area contributed by atoms with Gasteiger partial charge in [-0.2, -0.15) is 0 Å². The molecule has 1 N–H and O–H groups in total. The number of hydrogen-bond acceptors (Lipinski definition) is 5. The lowest BCUT2D eigenvalue weighted by Gasteiger charge is -2.31. The van der Waals surface area contributed by atoms with Crippen molar-refractivity contribution in [1.82, 2.24) is 19.7 Å². The summed E-state index contributed by atoms with van der Waals surface area (Å²) in [6.45, 7) is 2.75. The molecule has 1 atom stereocenters. The van der Waals surface area contributed by atoms with Gasteiger partial charge in [0, 0.05) is 24.9 Å². The Morgan fingerprint density at radius 2 is 2.17 bits per heavy atom. The molecule has 1 aliphatic rings. The number of likely N-dealkylation sites (tertiary alicyclic amines) is 1. The van der Waals surface area contributed by atoms with E-state index in [1.165, 1.54) is 0 Å². The van der Waals surface area contributed by atoms with Gasteiger partial charge in [-0.1, -0.05) is 18.2 Å². The monoisotopic (exact) mass is 326 g/mol. The smallest absolute Gasteiger partial charge is 0.158 e. The van der Waals surface area contributed by atoms with E-state index in [0.717, 1.165) is 55.0 Å². The second-order valence-corrected chi connectivity index (χ2v) is 6.52. The highest BCUT2D eigenvalue weighted by Crippen LogP contribution is 2.28. The molecule has 4 rings (SSSR count). The Kier molecular flexibility index (Phi) is 4.08. The largest absolute Gasteiger partial charge is 0.460 e. The molecule has 1 aliphatic heterocycles. The Morgan fingerprint density at radius 1 is 1.29 bits per heavy atom. The summed E-state index contributed by atoms with van der Waals surface area (Å²) in [6, 6.07) is 10.3. The molecule has 2 aromatic heterocycles. The van der Waals surface area contributed by atoms with E-state index in [-0.39, 0.29) is 6.61 Å². The van der Waals surface area contributed by atoms with Crippen LogP contribution >= 0.6 is 0 Å². The molecule has 0 bridgehead atoms. The van der Waals surface area contributed by atoms with Gasteiger partial charge in [0.25, 0.3) is 0 Å². The van der Waals surface area contributed by atoms with Gasteiger partial charge < -0.3 is 14.1 Å². The van der Waals surface area contributed by atoms with E-state index in [9.17, 15) is 5.11 Å². The molecule has 1 fully saturated rings. The maximum atomic E-state index is 9.30. The third kappa shape index (κ3) is 2.83. The van der Waals surface area contributed by atoms with Crippen LogP contribution in [-0.4, -0.2) is 37.9 Å². The van der Waals surface area contributed by atoms with E-state index >= 15 is 0 Å². The molecule has 1 saturated heterocycles. The third-order valence-corrected chi connectivity index (χ3v) is 4.87. The van der Waals surface area contributed by atoms with Crippen LogP contribution in [0, 0.1) is 0 Å². The lowest BCUT2D eigenvalue weighted by molar-refractivity contribution is 0.183. The zero-order chi connectivity index (χ0) is 16.5. The van der Waals surface area contributed by atoms with Crippen LogP contribution in [0.25, 0.3) is 11.0 Å². The van der Waals surface area contributed by atoms with Gasteiger partial charge >= 0.3 is 0 Å². The fraction of sp³-hybridized carbons (Fsp3) is 0.444. The van der Waals surface area contributed by atoms with Gasteiger partial charge in [-0.15, -0.1) is 10.2 Å². The van der Waals surface area contributed by atoms with E-state index in [2.05, 4.69) is 27.2 Å². The first kappa shape index (κ1) is 15.4. The topological polar surface area (TPSA) is 67.3 Å². The van der Waals surface area contributed by atoms with Crippen LogP contribution in [0.4, 0.5) is 0 Å². The number of piperidine rings is 1. The van der Waals surface area contributed by atoms with Gasteiger partial charge in [0.1, 0.15) is 23.8 Å². The van der Waals surface area contributed by atoms with E-state index in [0.29, 0.717) is 11.7 Å². The lowest BCUT2D eigenvalue weighted by atomic mass is 9.97. The number of hydrogen-bond donors (Lipinski definition) is 1. The number of fused-ring (bicyclic) bond motifs is 1. The summed E-state index contributed by atoms with van der Waals surface area (Å²) >= 11 is 0. The highest BCUT2D eigenvalue weighted by atomic mass is 16.3. The highest BCUT2D eigenvalue weighted by molar-refractivity contribution is 5.77. The van der Waals surface area contributed by atoms with Gasteiger partial charge in [-0.25, -0.2) is 0 Å². The number of benzene rings is 1. The SMILES string of the molecule is Cn1c(CO)nnc1C1CCCN(Cc2cc3ccccc3o2)C1. The molecule has 3 heterocycles. The normalized spacial score (nSPS) is 19.2. The average Bonchev–Trinajstić information content (AvgIpc) is 3.17. The quantitative estimate of drug-likeness (QED) is 0.797. The lowest BCUT2D eigenvalue weighted by Crippen LogP contribution is -2.34. The second kappa shape index (κ2) is 6.37. The van der Waals surface area contributed by atoms with Crippen molar-refractivity contribution < 1.29 is 9.52 Å². The second-order valence-electron chi connectivity index (χ2n) is 6.52. The molecule has 3 aromatic rings. The van der Waals surface area contributed by atoms with E-state index < -0.39 is 0 Å². The van der Waals surface area contributed by atoms with Crippen LogP contribution in [0.5, 0.6) is 0 Å². The van der Waals surface area contributed by atoms with Crippen molar-refractivity contribution in [3.8, 4) is 0 Å². The first-order chi connectivity index (χ1) is 11.7. The number of furan rings is 1. The molecule has 0 saturated carbocycles. The van der Waals surface area contributed by atoms with Crippen LogP contribution in [0.15, 0.2) is 34.7 Å². The van der Waals surface area contributed by atoms with Crippen LogP contribution in [-0.2, 0) is 20.2 Å². The highest BCUT2D eigenvalue weighted by Gasteiger charge is 2.26. The predicted molar refractivity (Wildman–Crippen MR) is 90.4 cm³/mol. The summed E-state index contributed by atoms with van der Waals surface area (Å²) in [5, 5.41) is 18.8. The number of nitrogens with zero attached hydrogens (tertiary/aromatic N) is 4. The number of aliphatic hydroxyl groups is 1. The number of aliphatic hydroxyl groups excluding tert-OH is 1. The Balaban J connectivity index is 1.49. The summed E-state index contributed by atoms with van der Waals surface area (Å²) in [7, 11) is 1.93. The van der Waals surface area contributed by atoms with E-state index in [1.807, 2.05) is 29.8 Å². The average molecular weight is 326 g/mol. The van der Waals surface area contributed by atoms with Crippen molar-refractivity contribution in [3.63, 3.8) is 0 Å². The van der Waals surface area contributed by atoms with Crippen LogP contribution in [0.1, 0.15) is 36.2 Å². The Hall–Kier alpha value is -2.18. The van der Waals surface area contributed by atoms with Crippen molar-refractivity contribution in [3.05, 3.63) is 47.7 Å². The molecule has 6 heteroatoms. The molecule has 6 nitrogen and oxygen atoms in total. The predicted octanol–water partition coefficient (Wildman–Crippen LogP) is 2.43. The summed E-state index contributed by atoms with van der Waals surface area (Å²) in [5.41, 5.74) is 0.946. The first-order valence-electron chi connectivity index (χ1n) is 8.43. The van der Waals surface area contributed by atoms with Crippen LogP contribution in [0.2, 0.25) is 0 Å². The maximum absolute atomic E-state index is 9.30.